The van der Waals surface area contributed by atoms with Gasteiger partial charge in [-0.05, 0) is 38.8 Å². The number of likely N-dealkylation sites (tertiary alicyclic amines) is 2. The van der Waals surface area contributed by atoms with Gasteiger partial charge in [0.25, 0.3) is 0 Å². The van der Waals surface area contributed by atoms with E-state index in [-0.39, 0.29) is 6.03 Å². The Labute approximate surface area is 98.2 Å². The third kappa shape index (κ3) is 2.88. The highest BCUT2D eigenvalue weighted by Crippen LogP contribution is 2.10. The van der Waals surface area contributed by atoms with Gasteiger partial charge < -0.3 is 14.7 Å². The Morgan fingerprint density at radius 3 is 2.25 bits per heavy atom. The molecule has 0 radical (unpaired) electrons. The zero-order valence-electron chi connectivity index (χ0n) is 10.3. The van der Waals surface area contributed by atoms with Gasteiger partial charge in [0.15, 0.2) is 0 Å². The van der Waals surface area contributed by atoms with Gasteiger partial charge in [-0.2, -0.15) is 0 Å². The zero-order chi connectivity index (χ0) is 11.4. The summed E-state index contributed by atoms with van der Waals surface area (Å²) in [5.74, 6) is 0. The molecule has 0 aromatic rings. The van der Waals surface area contributed by atoms with Crippen LogP contribution < -0.4 is 0 Å². The van der Waals surface area contributed by atoms with Crippen molar-refractivity contribution in [2.75, 3.05) is 46.3 Å². The number of hydrogen-bond acceptors (Lipinski definition) is 2. The van der Waals surface area contributed by atoms with Gasteiger partial charge in [0.2, 0.25) is 0 Å². The van der Waals surface area contributed by atoms with Crippen molar-refractivity contribution in [1.82, 2.24) is 14.7 Å². The third-order valence-electron chi connectivity index (χ3n) is 3.65. The quantitative estimate of drug-likeness (QED) is 0.722. The summed E-state index contributed by atoms with van der Waals surface area (Å²) >= 11 is 0. The van der Waals surface area contributed by atoms with Crippen molar-refractivity contribution in [3.05, 3.63) is 0 Å². The summed E-state index contributed by atoms with van der Waals surface area (Å²) < 4.78 is 0. The second-order valence-electron chi connectivity index (χ2n) is 4.95. The molecule has 2 saturated heterocycles. The molecule has 2 aliphatic rings. The Morgan fingerprint density at radius 1 is 1.06 bits per heavy atom. The number of nitrogens with zero attached hydrogens (tertiary/aromatic N) is 3. The minimum atomic E-state index is 0.219. The molecule has 0 saturated carbocycles. The lowest BCUT2D eigenvalue weighted by molar-refractivity contribution is 0.167. The molecule has 0 bridgehead atoms. The van der Waals surface area contributed by atoms with Crippen molar-refractivity contribution in [1.29, 1.82) is 0 Å². The van der Waals surface area contributed by atoms with E-state index < -0.39 is 0 Å². The molecule has 0 aliphatic carbocycles. The minimum Gasteiger partial charge on any atom is -0.326 e. The van der Waals surface area contributed by atoms with E-state index in [4.69, 9.17) is 0 Å². The van der Waals surface area contributed by atoms with E-state index in [0.717, 1.165) is 26.2 Å². The Balaban J connectivity index is 1.69. The molecule has 0 N–H and O–H groups in total. The molecule has 16 heavy (non-hydrogen) atoms. The van der Waals surface area contributed by atoms with Gasteiger partial charge in [0, 0.05) is 33.2 Å². The number of rotatable bonds is 3. The van der Waals surface area contributed by atoms with Crippen LogP contribution in [0.5, 0.6) is 0 Å². The molecule has 4 heteroatoms. The van der Waals surface area contributed by atoms with Crippen LogP contribution in [0.15, 0.2) is 0 Å². The van der Waals surface area contributed by atoms with E-state index in [0.29, 0.717) is 0 Å². The second kappa shape index (κ2) is 5.53. The maximum atomic E-state index is 12.0. The van der Waals surface area contributed by atoms with Crippen molar-refractivity contribution in [2.45, 2.75) is 25.7 Å². The van der Waals surface area contributed by atoms with Gasteiger partial charge in [-0.3, -0.25) is 0 Å². The Kier molecular flexibility index (Phi) is 4.04. The van der Waals surface area contributed by atoms with Crippen molar-refractivity contribution >= 4 is 6.03 Å². The molecule has 4 nitrogen and oxygen atoms in total. The molecule has 2 heterocycles. The van der Waals surface area contributed by atoms with Gasteiger partial charge in [-0.15, -0.1) is 0 Å². The summed E-state index contributed by atoms with van der Waals surface area (Å²) in [5.41, 5.74) is 0. The number of urea groups is 1. The summed E-state index contributed by atoms with van der Waals surface area (Å²) in [6.45, 7) is 6.24. The molecule has 0 aromatic carbocycles. The van der Waals surface area contributed by atoms with Crippen LogP contribution in [0.3, 0.4) is 0 Å². The number of hydrogen-bond donors (Lipinski definition) is 0. The Hall–Kier alpha value is -0.770. The molecule has 0 unspecified atom stereocenters. The van der Waals surface area contributed by atoms with Crippen molar-refractivity contribution in [3.63, 3.8) is 0 Å². The van der Waals surface area contributed by atoms with Crippen LogP contribution in [0.25, 0.3) is 0 Å². The van der Waals surface area contributed by atoms with Crippen LogP contribution in [0.1, 0.15) is 25.7 Å². The first-order valence-corrected chi connectivity index (χ1v) is 6.50. The van der Waals surface area contributed by atoms with Gasteiger partial charge in [0.05, 0.1) is 0 Å². The lowest BCUT2D eigenvalue weighted by Gasteiger charge is -2.26. The monoisotopic (exact) mass is 225 g/mol. The number of likely N-dealkylation sites (N-methyl/N-ethyl adjacent to an activating group) is 1. The molecular formula is C12H23N3O. The summed E-state index contributed by atoms with van der Waals surface area (Å²) in [6.07, 6.45) is 4.99. The first-order valence-electron chi connectivity index (χ1n) is 6.50. The van der Waals surface area contributed by atoms with Crippen LogP contribution in [0, 0.1) is 0 Å². The van der Waals surface area contributed by atoms with E-state index in [1.54, 1.807) is 0 Å². The largest absolute Gasteiger partial charge is 0.326 e. The van der Waals surface area contributed by atoms with Crippen LogP contribution in [-0.2, 0) is 0 Å². The van der Waals surface area contributed by atoms with Crippen LogP contribution in [0.4, 0.5) is 4.79 Å². The average molecular weight is 225 g/mol. The van der Waals surface area contributed by atoms with Crippen molar-refractivity contribution < 1.29 is 4.79 Å². The van der Waals surface area contributed by atoms with Gasteiger partial charge in [-0.25, -0.2) is 4.79 Å². The molecule has 2 amide bonds. The molecule has 0 spiro atoms. The number of amides is 2. The highest BCUT2D eigenvalue weighted by molar-refractivity contribution is 5.74. The smallest absolute Gasteiger partial charge is 0.319 e. The topological polar surface area (TPSA) is 26.8 Å². The molecule has 2 fully saturated rings. The number of carbonyl (C=O) groups is 1. The Morgan fingerprint density at radius 2 is 1.62 bits per heavy atom. The van der Waals surface area contributed by atoms with Gasteiger partial charge in [-0.1, -0.05) is 0 Å². The standard InChI is InChI=1S/C12H23N3O/c1-13(10-11-14-6-2-3-7-14)12(16)15-8-4-5-9-15/h2-11H2,1H3. The van der Waals surface area contributed by atoms with Crippen LogP contribution in [0.2, 0.25) is 0 Å². The summed E-state index contributed by atoms with van der Waals surface area (Å²) in [4.78, 5) is 18.3. The summed E-state index contributed by atoms with van der Waals surface area (Å²) in [5, 5.41) is 0. The van der Waals surface area contributed by atoms with E-state index in [1.807, 2.05) is 16.8 Å². The molecular weight excluding hydrogens is 202 g/mol. The predicted molar refractivity (Wildman–Crippen MR) is 64.5 cm³/mol. The molecule has 0 aromatic heterocycles. The van der Waals surface area contributed by atoms with E-state index in [1.165, 1.54) is 38.8 Å². The van der Waals surface area contributed by atoms with E-state index in [9.17, 15) is 4.79 Å². The predicted octanol–water partition coefficient (Wildman–Crippen LogP) is 1.23. The minimum absolute atomic E-state index is 0.219. The Bertz CT molecular complexity index is 232. The fraction of sp³-hybridized carbons (Fsp3) is 0.917. The SMILES string of the molecule is CN(CCN1CCCC1)C(=O)N1CCCC1. The van der Waals surface area contributed by atoms with Crippen molar-refractivity contribution in [3.8, 4) is 0 Å². The molecule has 0 atom stereocenters. The normalized spacial score (nSPS) is 21.7. The van der Waals surface area contributed by atoms with Gasteiger partial charge >= 0.3 is 6.03 Å². The number of carbonyl (C=O) groups excluding carboxylic acids is 1. The van der Waals surface area contributed by atoms with E-state index in [2.05, 4.69) is 4.90 Å². The fourth-order valence-electron chi connectivity index (χ4n) is 2.54. The lowest BCUT2D eigenvalue weighted by atomic mass is 10.4. The molecule has 2 aliphatic heterocycles. The third-order valence-corrected chi connectivity index (χ3v) is 3.65. The molecule has 92 valence electrons. The van der Waals surface area contributed by atoms with E-state index >= 15 is 0 Å². The first-order chi connectivity index (χ1) is 7.77. The summed E-state index contributed by atoms with van der Waals surface area (Å²) in [6, 6.07) is 0.219. The average Bonchev–Trinajstić information content (AvgIpc) is 2.96. The highest BCUT2D eigenvalue weighted by atomic mass is 16.2. The highest BCUT2D eigenvalue weighted by Gasteiger charge is 2.21. The fourth-order valence-corrected chi connectivity index (χ4v) is 2.54. The maximum absolute atomic E-state index is 12.0. The van der Waals surface area contributed by atoms with Crippen molar-refractivity contribution in [2.24, 2.45) is 0 Å². The summed E-state index contributed by atoms with van der Waals surface area (Å²) in [7, 11) is 1.93. The van der Waals surface area contributed by atoms with Gasteiger partial charge in [0.1, 0.15) is 0 Å². The lowest BCUT2D eigenvalue weighted by Crippen LogP contribution is -2.42. The van der Waals surface area contributed by atoms with Crippen LogP contribution >= 0.6 is 0 Å². The second-order valence-corrected chi connectivity index (χ2v) is 4.95. The first kappa shape index (κ1) is 11.7. The zero-order valence-corrected chi connectivity index (χ0v) is 10.3. The van der Waals surface area contributed by atoms with Crippen LogP contribution in [-0.4, -0.2) is 67.0 Å². The maximum Gasteiger partial charge on any atom is 0.319 e. The molecule has 2 rings (SSSR count).